The molecule has 0 bridgehead atoms. The fourth-order valence-electron chi connectivity index (χ4n) is 2.86. The summed E-state index contributed by atoms with van der Waals surface area (Å²) in [5, 5.41) is 3.46. The van der Waals surface area contributed by atoms with Crippen LogP contribution >= 0.6 is 0 Å². The molecule has 0 amide bonds. The van der Waals surface area contributed by atoms with Gasteiger partial charge in [0.1, 0.15) is 5.75 Å². The number of benzene rings is 1. The second-order valence-corrected chi connectivity index (χ2v) is 6.08. The number of rotatable bonds is 7. The zero-order valence-corrected chi connectivity index (χ0v) is 13.8. The summed E-state index contributed by atoms with van der Waals surface area (Å²) in [6, 6.07) is 6.68. The Morgan fingerprint density at radius 2 is 2.00 bits per heavy atom. The first-order valence-corrected chi connectivity index (χ1v) is 8.46. The molecule has 3 nitrogen and oxygen atoms in total. The first kappa shape index (κ1) is 16.2. The van der Waals surface area contributed by atoms with Gasteiger partial charge in [-0.2, -0.15) is 0 Å². The molecule has 0 spiro atoms. The van der Waals surface area contributed by atoms with Crippen LogP contribution in [0.5, 0.6) is 5.75 Å². The third-order valence-electron chi connectivity index (χ3n) is 4.20. The quantitative estimate of drug-likeness (QED) is 0.773. The van der Waals surface area contributed by atoms with E-state index < -0.39 is 0 Å². The minimum absolute atomic E-state index is 0.725. The van der Waals surface area contributed by atoms with Crippen molar-refractivity contribution < 1.29 is 4.74 Å². The molecule has 0 aliphatic carbocycles. The van der Waals surface area contributed by atoms with Gasteiger partial charge in [0.05, 0.1) is 12.3 Å². The number of anilines is 1. The number of nitrogens with zero attached hydrogens (tertiary/aromatic N) is 1. The molecule has 1 aliphatic rings. The van der Waals surface area contributed by atoms with E-state index in [0.717, 1.165) is 44.5 Å². The molecule has 1 aromatic carbocycles. The highest BCUT2D eigenvalue weighted by molar-refractivity contribution is 5.60. The van der Waals surface area contributed by atoms with Crippen LogP contribution in [0.2, 0.25) is 0 Å². The van der Waals surface area contributed by atoms with Crippen molar-refractivity contribution >= 4 is 5.69 Å². The summed E-state index contributed by atoms with van der Waals surface area (Å²) >= 11 is 0. The van der Waals surface area contributed by atoms with Crippen molar-refractivity contribution in [2.24, 2.45) is 5.92 Å². The van der Waals surface area contributed by atoms with Crippen LogP contribution in [0.1, 0.15) is 45.6 Å². The van der Waals surface area contributed by atoms with Gasteiger partial charge in [0.25, 0.3) is 0 Å². The Morgan fingerprint density at radius 1 is 1.24 bits per heavy atom. The highest BCUT2D eigenvalue weighted by atomic mass is 16.5. The van der Waals surface area contributed by atoms with Gasteiger partial charge in [-0.05, 0) is 56.3 Å². The van der Waals surface area contributed by atoms with E-state index in [1.807, 2.05) is 0 Å². The number of ether oxygens (including phenoxy) is 1. The third kappa shape index (κ3) is 4.63. The minimum atomic E-state index is 0.725. The molecule has 0 unspecified atom stereocenters. The zero-order chi connectivity index (χ0) is 15.1. The van der Waals surface area contributed by atoms with E-state index in [1.54, 1.807) is 0 Å². The topological polar surface area (TPSA) is 24.5 Å². The zero-order valence-electron chi connectivity index (χ0n) is 13.8. The second-order valence-electron chi connectivity index (χ2n) is 6.08. The van der Waals surface area contributed by atoms with Crippen LogP contribution in [0.25, 0.3) is 0 Å². The van der Waals surface area contributed by atoms with E-state index in [-0.39, 0.29) is 0 Å². The summed E-state index contributed by atoms with van der Waals surface area (Å²) in [6.45, 7) is 11.6. The van der Waals surface area contributed by atoms with E-state index in [4.69, 9.17) is 4.74 Å². The molecule has 1 saturated heterocycles. The molecule has 1 aromatic rings. The lowest BCUT2D eigenvalue weighted by molar-refractivity contribution is 0.337. The summed E-state index contributed by atoms with van der Waals surface area (Å²) in [7, 11) is 0. The first-order valence-electron chi connectivity index (χ1n) is 8.46. The predicted octanol–water partition coefficient (Wildman–Crippen LogP) is 3.82. The van der Waals surface area contributed by atoms with Crippen LogP contribution < -0.4 is 15.0 Å². The second kappa shape index (κ2) is 8.28. The lowest BCUT2D eigenvalue weighted by Crippen LogP contribution is -2.33. The van der Waals surface area contributed by atoms with Crippen molar-refractivity contribution in [1.82, 2.24) is 5.32 Å². The standard InChI is InChI=1S/C18H30N2O/c1-4-10-19-14-16-6-7-17(18(13-16)21-5-2)20-11-8-15(3)9-12-20/h6-7,13,15,19H,4-5,8-12,14H2,1-3H3. The Labute approximate surface area is 129 Å². The molecule has 0 atom stereocenters. The van der Waals surface area contributed by atoms with Crippen LogP contribution in [0.4, 0.5) is 5.69 Å². The molecule has 1 N–H and O–H groups in total. The number of hydrogen-bond acceptors (Lipinski definition) is 3. The molecule has 1 heterocycles. The minimum Gasteiger partial charge on any atom is -0.492 e. The first-order chi connectivity index (χ1) is 10.2. The summed E-state index contributed by atoms with van der Waals surface area (Å²) < 4.78 is 5.89. The average Bonchev–Trinajstić information content (AvgIpc) is 2.49. The third-order valence-corrected chi connectivity index (χ3v) is 4.20. The number of piperidine rings is 1. The van der Waals surface area contributed by atoms with Crippen molar-refractivity contribution in [3.63, 3.8) is 0 Å². The molecule has 3 heteroatoms. The van der Waals surface area contributed by atoms with Gasteiger partial charge in [0.2, 0.25) is 0 Å². The molecule has 2 rings (SSSR count). The van der Waals surface area contributed by atoms with Crippen LogP contribution in [-0.4, -0.2) is 26.2 Å². The lowest BCUT2D eigenvalue weighted by atomic mass is 9.98. The molecule has 0 aromatic heterocycles. The van der Waals surface area contributed by atoms with Gasteiger partial charge >= 0.3 is 0 Å². The highest BCUT2D eigenvalue weighted by Crippen LogP contribution is 2.32. The average molecular weight is 290 g/mol. The summed E-state index contributed by atoms with van der Waals surface area (Å²) in [5.41, 5.74) is 2.57. The normalized spacial score (nSPS) is 16.2. The Kier molecular flexibility index (Phi) is 6.37. The fourth-order valence-corrected chi connectivity index (χ4v) is 2.86. The molecule has 1 fully saturated rings. The van der Waals surface area contributed by atoms with Gasteiger partial charge in [-0.1, -0.05) is 19.9 Å². The van der Waals surface area contributed by atoms with E-state index in [1.165, 1.54) is 30.5 Å². The van der Waals surface area contributed by atoms with E-state index in [9.17, 15) is 0 Å². The molecular weight excluding hydrogens is 260 g/mol. The van der Waals surface area contributed by atoms with Crippen molar-refractivity contribution in [3.05, 3.63) is 23.8 Å². The van der Waals surface area contributed by atoms with E-state index in [0.29, 0.717) is 0 Å². The van der Waals surface area contributed by atoms with Crippen molar-refractivity contribution in [2.75, 3.05) is 31.1 Å². The van der Waals surface area contributed by atoms with E-state index >= 15 is 0 Å². The van der Waals surface area contributed by atoms with Gasteiger partial charge in [-0.3, -0.25) is 0 Å². The van der Waals surface area contributed by atoms with Crippen LogP contribution in [0, 0.1) is 5.92 Å². The summed E-state index contributed by atoms with van der Waals surface area (Å²) in [6.07, 6.45) is 3.74. The molecular formula is C18H30N2O. The van der Waals surface area contributed by atoms with Crippen molar-refractivity contribution in [2.45, 2.75) is 46.6 Å². The lowest BCUT2D eigenvalue weighted by Gasteiger charge is -2.33. The molecule has 0 saturated carbocycles. The SMILES string of the molecule is CCCNCc1ccc(N2CCC(C)CC2)c(OCC)c1. The smallest absolute Gasteiger partial charge is 0.142 e. The molecule has 1 aliphatic heterocycles. The fraction of sp³-hybridized carbons (Fsp3) is 0.667. The Hall–Kier alpha value is -1.22. The Bertz CT molecular complexity index is 425. The maximum absolute atomic E-state index is 5.89. The summed E-state index contributed by atoms with van der Waals surface area (Å²) in [4.78, 5) is 2.48. The monoisotopic (exact) mass is 290 g/mol. The number of hydrogen-bond donors (Lipinski definition) is 1. The molecule has 21 heavy (non-hydrogen) atoms. The van der Waals surface area contributed by atoms with Crippen LogP contribution in [-0.2, 0) is 6.54 Å². The van der Waals surface area contributed by atoms with Gasteiger partial charge in [0.15, 0.2) is 0 Å². The Morgan fingerprint density at radius 3 is 2.67 bits per heavy atom. The van der Waals surface area contributed by atoms with E-state index in [2.05, 4.69) is 49.2 Å². The van der Waals surface area contributed by atoms with Crippen molar-refractivity contribution in [3.8, 4) is 5.75 Å². The van der Waals surface area contributed by atoms with Crippen LogP contribution in [0.3, 0.4) is 0 Å². The van der Waals surface area contributed by atoms with Crippen LogP contribution in [0.15, 0.2) is 18.2 Å². The maximum atomic E-state index is 5.89. The maximum Gasteiger partial charge on any atom is 0.142 e. The number of nitrogens with one attached hydrogen (secondary N) is 1. The largest absolute Gasteiger partial charge is 0.492 e. The van der Waals surface area contributed by atoms with Gasteiger partial charge in [0, 0.05) is 19.6 Å². The van der Waals surface area contributed by atoms with Gasteiger partial charge in [-0.25, -0.2) is 0 Å². The molecule has 118 valence electrons. The Balaban J connectivity index is 2.08. The van der Waals surface area contributed by atoms with Crippen molar-refractivity contribution in [1.29, 1.82) is 0 Å². The highest BCUT2D eigenvalue weighted by Gasteiger charge is 2.19. The van der Waals surface area contributed by atoms with Gasteiger partial charge < -0.3 is 15.0 Å². The summed E-state index contributed by atoms with van der Waals surface area (Å²) in [5.74, 6) is 1.90. The predicted molar refractivity (Wildman–Crippen MR) is 90.2 cm³/mol. The molecule has 0 radical (unpaired) electrons. The van der Waals surface area contributed by atoms with Gasteiger partial charge in [-0.15, -0.1) is 0 Å².